The Morgan fingerprint density at radius 1 is 1.11 bits per heavy atom. The smallest absolute Gasteiger partial charge is 0.0917 e. The maximum atomic E-state index is 10.2. The molecule has 3 heteroatoms. The average molecular weight is 367 g/mol. The van der Waals surface area contributed by atoms with E-state index in [-0.39, 0.29) is 0 Å². The third-order valence-electron chi connectivity index (χ3n) is 3.01. The molecule has 2 aromatic rings. The van der Waals surface area contributed by atoms with Crippen molar-refractivity contribution in [3.63, 3.8) is 0 Å². The second-order valence-corrected chi connectivity index (χ2v) is 6.00. The molecule has 0 unspecified atom stereocenters. The first-order chi connectivity index (χ1) is 9.15. The van der Waals surface area contributed by atoms with E-state index in [1.165, 1.54) is 5.56 Å². The normalized spacial score (nSPS) is 12.6. The van der Waals surface area contributed by atoms with Gasteiger partial charge in [-0.2, -0.15) is 0 Å². The third-order valence-corrected chi connectivity index (χ3v) is 3.68. The fourth-order valence-electron chi connectivity index (χ4n) is 2.07. The van der Waals surface area contributed by atoms with Gasteiger partial charge in [0.1, 0.15) is 0 Å². The Balaban J connectivity index is 1.93. The molecule has 0 heterocycles. The van der Waals surface area contributed by atoms with Gasteiger partial charge in [0.15, 0.2) is 0 Å². The molecule has 19 heavy (non-hydrogen) atoms. The summed E-state index contributed by atoms with van der Waals surface area (Å²) in [5.74, 6) is 0. The first-order valence-corrected chi connectivity index (χ1v) is 7.39. The van der Waals surface area contributed by atoms with Crippen molar-refractivity contribution in [1.29, 1.82) is 0 Å². The third kappa shape index (κ3) is 4.60. The summed E-state index contributed by atoms with van der Waals surface area (Å²) in [5, 5.41) is 10.2. The number of nitrogens with zero attached hydrogens (tertiary/aromatic N) is 1. The van der Waals surface area contributed by atoms with Gasteiger partial charge in [0, 0.05) is 16.7 Å². The van der Waals surface area contributed by atoms with Crippen LogP contribution >= 0.6 is 22.6 Å². The van der Waals surface area contributed by atoms with E-state index in [2.05, 4.69) is 39.6 Å². The molecule has 1 N–H and O–H groups in total. The zero-order chi connectivity index (χ0) is 13.7. The molecule has 1 atom stereocenters. The van der Waals surface area contributed by atoms with Gasteiger partial charge in [-0.15, -0.1) is 0 Å². The fourth-order valence-corrected chi connectivity index (χ4v) is 2.64. The van der Waals surface area contributed by atoms with Crippen molar-refractivity contribution in [1.82, 2.24) is 4.90 Å². The summed E-state index contributed by atoms with van der Waals surface area (Å²) in [4.78, 5) is 2.14. The molecular weight excluding hydrogens is 349 g/mol. The van der Waals surface area contributed by atoms with Gasteiger partial charge in [-0.1, -0.05) is 42.5 Å². The number of halogens is 1. The van der Waals surface area contributed by atoms with Gasteiger partial charge in [0.25, 0.3) is 0 Å². The van der Waals surface area contributed by atoms with E-state index in [4.69, 9.17) is 0 Å². The monoisotopic (exact) mass is 367 g/mol. The first kappa shape index (κ1) is 14.5. The number of benzene rings is 2. The van der Waals surface area contributed by atoms with Gasteiger partial charge in [-0.05, 0) is 52.9 Å². The Hall–Kier alpha value is -0.910. The molecule has 0 amide bonds. The van der Waals surface area contributed by atoms with Crippen LogP contribution in [0.4, 0.5) is 0 Å². The molecule has 0 fully saturated rings. The lowest BCUT2D eigenvalue weighted by molar-refractivity contribution is 0.124. The molecule has 2 aromatic carbocycles. The first-order valence-electron chi connectivity index (χ1n) is 6.31. The lowest BCUT2D eigenvalue weighted by atomic mass is 10.1. The van der Waals surface area contributed by atoms with Gasteiger partial charge in [0.2, 0.25) is 0 Å². The van der Waals surface area contributed by atoms with Crippen LogP contribution in [0.2, 0.25) is 0 Å². The van der Waals surface area contributed by atoms with Gasteiger partial charge in [0.05, 0.1) is 6.10 Å². The lowest BCUT2D eigenvalue weighted by Crippen LogP contribution is -2.24. The van der Waals surface area contributed by atoms with Gasteiger partial charge in [-0.3, -0.25) is 4.90 Å². The highest BCUT2D eigenvalue weighted by atomic mass is 127. The molecule has 0 bridgehead atoms. The van der Waals surface area contributed by atoms with Gasteiger partial charge >= 0.3 is 0 Å². The van der Waals surface area contributed by atoms with E-state index in [1.807, 2.05) is 49.5 Å². The zero-order valence-electron chi connectivity index (χ0n) is 11.0. The molecule has 0 aliphatic rings. The second kappa shape index (κ2) is 7.03. The van der Waals surface area contributed by atoms with E-state index in [9.17, 15) is 5.11 Å². The van der Waals surface area contributed by atoms with Crippen LogP contribution in [0.3, 0.4) is 0 Å². The Morgan fingerprint density at radius 3 is 2.53 bits per heavy atom. The Bertz CT molecular complexity index is 515. The predicted molar refractivity (Wildman–Crippen MR) is 86.9 cm³/mol. The van der Waals surface area contributed by atoms with E-state index in [0.717, 1.165) is 15.7 Å². The highest BCUT2D eigenvalue weighted by Gasteiger charge is 2.11. The van der Waals surface area contributed by atoms with Crippen molar-refractivity contribution < 1.29 is 5.11 Å². The predicted octanol–water partition coefficient (Wildman–Crippen LogP) is 3.46. The molecule has 0 saturated carbocycles. The zero-order valence-corrected chi connectivity index (χ0v) is 13.1. The number of hydrogen-bond acceptors (Lipinski definition) is 2. The molecular formula is C16H18INO. The van der Waals surface area contributed by atoms with Crippen molar-refractivity contribution in [3.05, 3.63) is 69.3 Å². The van der Waals surface area contributed by atoms with Crippen LogP contribution in [0.25, 0.3) is 0 Å². The maximum Gasteiger partial charge on any atom is 0.0917 e. The minimum atomic E-state index is -0.441. The van der Waals surface area contributed by atoms with E-state index >= 15 is 0 Å². The molecule has 0 spiro atoms. The fraction of sp³-hybridized carbons (Fsp3) is 0.250. The minimum Gasteiger partial charge on any atom is -0.387 e. The highest BCUT2D eigenvalue weighted by Crippen LogP contribution is 2.17. The van der Waals surface area contributed by atoms with Gasteiger partial charge in [-0.25, -0.2) is 0 Å². The van der Waals surface area contributed by atoms with Crippen molar-refractivity contribution >= 4 is 22.6 Å². The van der Waals surface area contributed by atoms with Crippen LogP contribution in [0.15, 0.2) is 54.6 Å². The Kier molecular flexibility index (Phi) is 5.36. The number of likely N-dealkylation sites (N-methyl/N-ethyl adjacent to an activating group) is 1. The number of rotatable bonds is 5. The van der Waals surface area contributed by atoms with E-state index < -0.39 is 6.10 Å². The average Bonchev–Trinajstić information content (AvgIpc) is 2.39. The maximum absolute atomic E-state index is 10.2. The molecule has 0 aliphatic heterocycles. The van der Waals surface area contributed by atoms with E-state index in [0.29, 0.717) is 6.54 Å². The summed E-state index contributed by atoms with van der Waals surface area (Å²) in [6, 6.07) is 18.3. The number of hydrogen-bond donors (Lipinski definition) is 1. The summed E-state index contributed by atoms with van der Waals surface area (Å²) >= 11 is 2.27. The van der Waals surface area contributed by atoms with Gasteiger partial charge < -0.3 is 5.11 Å². The van der Waals surface area contributed by atoms with Crippen molar-refractivity contribution in [3.8, 4) is 0 Å². The van der Waals surface area contributed by atoms with E-state index in [1.54, 1.807) is 0 Å². The van der Waals surface area contributed by atoms with Crippen molar-refractivity contribution in [2.24, 2.45) is 0 Å². The molecule has 2 rings (SSSR count). The molecule has 100 valence electrons. The molecule has 0 saturated heterocycles. The summed E-state index contributed by atoms with van der Waals surface area (Å²) < 4.78 is 1.15. The molecule has 2 nitrogen and oxygen atoms in total. The topological polar surface area (TPSA) is 23.5 Å². The summed E-state index contributed by atoms with van der Waals surface area (Å²) in [6.45, 7) is 1.48. The summed E-state index contributed by atoms with van der Waals surface area (Å²) in [7, 11) is 2.03. The van der Waals surface area contributed by atoms with Crippen LogP contribution < -0.4 is 0 Å². The number of aliphatic hydroxyl groups is 1. The Morgan fingerprint density at radius 2 is 1.84 bits per heavy atom. The summed E-state index contributed by atoms with van der Waals surface area (Å²) in [5.41, 5.74) is 2.24. The SMILES string of the molecule is CN(Cc1ccccc1)C[C@H](O)c1cccc(I)c1. The lowest BCUT2D eigenvalue weighted by Gasteiger charge is -2.21. The number of aliphatic hydroxyl groups excluding tert-OH is 1. The van der Waals surface area contributed by atoms with Crippen LogP contribution in [0.1, 0.15) is 17.2 Å². The molecule has 0 aromatic heterocycles. The van der Waals surface area contributed by atoms with Crippen LogP contribution in [0.5, 0.6) is 0 Å². The van der Waals surface area contributed by atoms with Crippen molar-refractivity contribution in [2.45, 2.75) is 12.6 Å². The van der Waals surface area contributed by atoms with Crippen LogP contribution in [0, 0.1) is 3.57 Å². The highest BCUT2D eigenvalue weighted by molar-refractivity contribution is 14.1. The Labute approximate surface area is 128 Å². The quantitative estimate of drug-likeness (QED) is 0.819. The minimum absolute atomic E-state index is 0.441. The summed E-state index contributed by atoms with van der Waals surface area (Å²) in [6.07, 6.45) is -0.441. The van der Waals surface area contributed by atoms with Crippen LogP contribution in [-0.2, 0) is 6.54 Å². The van der Waals surface area contributed by atoms with Crippen molar-refractivity contribution in [2.75, 3.05) is 13.6 Å². The largest absolute Gasteiger partial charge is 0.387 e. The van der Waals surface area contributed by atoms with Crippen LogP contribution in [-0.4, -0.2) is 23.6 Å². The molecule has 0 radical (unpaired) electrons. The second-order valence-electron chi connectivity index (χ2n) is 4.75. The molecule has 0 aliphatic carbocycles. The standard InChI is InChI=1S/C16H18INO/c1-18(11-13-6-3-2-4-7-13)12-16(19)14-8-5-9-15(17)10-14/h2-10,16,19H,11-12H2,1H3/t16-/m0/s1.